The maximum absolute atomic E-state index is 10.4. The summed E-state index contributed by atoms with van der Waals surface area (Å²) in [4.78, 5) is 12.4. The van der Waals surface area contributed by atoms with E-state index in [0.717, 1.165) is 18.8 Å². The van der Waals surface area contributed by atoms with Crippen molar-refractivity contribution in [1.29, 1.82) is 5.26 Å². The summed E-state index contributed by atoms with van der Waals surface area (Å²) in [5.74, 6) is -0.814. The van der Waals surface area contributed by atoms with Gasteiger partial charge in [0.15, 0.2) is 0 Å². The molecule has 82 valence electrons. The van der Waals surface area contributed by atoms with Crippen LogP contribution in [0.4, 0.5) is 5.69 Å². The van der Waals surface area contributed by atoms with Gasteiger partial charge in [0.05, 0.1) is 11.6 Å². The van der Waals surface area contributed by atoms with E-state index in [4.69, 9.17) is 5.26 Å². The summed E-state index contributed by atoms with van der Waals surface area (Å²) in [5, 5.41) is 19.1. The van der Waals surface area contributed by atoms with Gasteiger partial charge in [-0.1, -0.05) is 6.07 Å². The maximum atomic E-state index is 10.4. The van der Waals surface area contributed by atoms with Crippen LogP contribution in [-0.2, 0) is 4.79 Å². The average molecular weight is 222 g/mol. The van der Waals surface area contributed by atoms with Crippen LogP contribution in [0.25, 0.3) is 0 Å². The Labute approximate surface area is 112 Å². The Bertz CT molecular complexity index is 450. The van der Waals surface area contributed by atoms with Gasteiger partial charge in [0.2, 0.25) is 0 Å². The van der Waals surface area contributed by atoms with Gasteiger partial charge in [0, 0.05) is 24.7 Å². The van der Waals surface area contributed by atoms with Gasteiger partial charge in [-0.05, 0) is 30.5 Å². The Morgan fingerprint density at radius 1 is 1.53 bits per heavy atom. The molecule has 1 aromatic rings. The predicted octanol–water partition coefficient (Wildman–Crippen LogP) is -2.86. The van der Waals surface area contributed by atoms with Crippen molar-refractivity contribution in [3.8, 4) is 6.07 Å². The third-order valence-corrected chi connectivity index (χ3v) is 2.75. The summed E-state index contributed by atoms with van der Waals surface area (Å²) in [5.41, 5.74) is 1.61. The fourth-order valence-electron chi connectivity index (χ4n) is 1.92. The monoisotopic (exact) mass is 222 g/mol. The second kappa shape index (κ2) is 5.77. The van der Waals surface area contributed by atoms with Crippen molar-refractivity contribution in [1.82, 2.24) is 0 Å². The first-order valence-electron chi connectivity index (χ1n) is 5.14. The Balaban J connectivity index is 0.00000144. The minimum atomic E-state index is -0.990. The summed E-state index contributed by atoms with van der Waals surface area (Å²) >= 11 is 0. The molecule has 0 radical (unpaired) electrons. The first-order chi connectivity index (χ1) is 7.69. The zero-order chi connectivity index (χ0) is 11.5. The van der Waals surface area contributed by atoms with Crippen molar-refractivity contribution in [2.75, 3.05) is 18.0 Å². The van der Waals surface area contributed by atoms with Crippen molar-refractivity contribution in [2.45, 2.75) is 6.42 Å². The molecule has 4 nitrogen and oxygen atoms in total. The third kappa shape index (κ3) is 3.26. The molecule has 1 aromatic carbocycles. The summed E-state index contributed by atoms with van der Waals surface area (Å²) in [6, 6.07) is 9.41. The molecule has 0 unspecified atom stereocenters. The summed E-state index contributed by atoms with van der Waals surface area (Å²) in [6.45, 7) is 1.45. The topological polar surface area (TPSA) is 67.2 Å². The van der Waals surface area contributed by atoms with E-state index in [1.807, 2.05) is 18.2 Å². The number of aliphatic carboxylic acids is 1. The fourth-order valence-corrected chi connectivity index (χ4v) is 1.92. The maximum Gasteiger partial charge on any atom is 1.00 e. The van der Waals surface area contributed by atoms with Crippen molar-refractivity contribution in [3.05, 3.63) is 29.8 Å². The van der Waals surface area contributed by atoms with Crippen molar-refractivity contribution in [3.63, 3.8) is 0 Å². The zero-order valence-corrected chi connectivity index (χ0v) is 9.72. The second-order valence-electron chi connectivity index (χ2n) is 4.01. The molecule has 0 atom stereocenters. The average Bonchev–Trinajstić information content (AvgIpc) is 2.22. The van der Waals surface area contributed by atoms with E-state index < -0.39 is 5.97 Å². The van der Waals surface area contributed by atoms with Crippen LogP contribution < -0.4 is 28.9 Å². The van der Waals surface area contributed by atoms with Gasteiger partial charge < -0.3 is 14.8 Å². The third-order valence-electron chi connectivity index (χ3n) is 2.75. The molecule has 0 N–H and O–H groups in total. The van der Waals surface area contributed by atoms with Crippen LogP contribution in [0.2, 0.25) is 0 Å². The molecule has 1 fully saturated rings. The van der Waals surface area contributed by atoms with Gasteiger partial charge in [0.25, 0.3) is 0 Å². The Morgan fingerprint density at radius 3 is 2.82 bits per heavy atom. The number of rotatable bonds is 3. The molecule has 1 saturated heterocycles. The van der Waals surface area contributed by atoms with E-state index in [0.29, 0.717) is 5.56 Å². The van der Waals surface area contributed by atoms with E-state index in [1.54, 1.807) is 6.07 Å². The van der Waals surface area contributed by atoms with Crippen LogP contribution >= 0.6 is 0 Å². The molecule has 5 heteroatoms. The van der Waals surface area contributed by atoms with E-state index >= 15 is 0 Å². The molecule has 0 bridgehead atoms. The summed E-state index contributed by atoms with van der Waals surface area (Å²) in [7, 11) is 0. The van der Waals surface area contributed by atoms with Crippen molar-refractivity contribution < 1.29 is 28.8 Å². The van der Waals surface area contributed by atoms with E-state index in [9.17, 15) is 9.90 Å². The quantitative estimate of drug-likeness (QED) is 0.516. The molecule has 1 aliphatic rings. The number of carboxylic acids is 1. The SMILES string of the molecule is N#Cc1cccc(N2CC(CC(=O)[O-])C2)c1.[Li+]. The Hall–Kier alpha value is -1.42. The predicted molar refractivity (Wildman–Crippen MR) is 56.5 cm³/mol. The molecule has 17 heavy (non-hydrogen) atoms. The standard InChI is InChI=1S/C12H12N2O2.Li/c13-6-9-2-1-3-11(4-9)14-7-10(8-14)5-12(15)16;/h1-4,10H,5,7-8H2,(H,15,16);/q;+1/p-1. The number of hydrogen-bond donors (Lipinski definition) is 0. The van der Waals surface area contributed by atoms with Gasteiger partial charge in [-0.25, -0.2) is 0 Å². The number of hydrogen-bond acceptors (Lipinski definition) is 4. The first kappa shape index (κ1) is 13.6. The van der Waals surface area contributed by atoms with Crippen molar-refractivity contribution >= 4 is 11.7 Å². The van der Waals surface area contributed by atoms with Crippen LogP contribution in [-0.4, -0.2) is 19.1 Å². The van der Waals surface area contributed by atoms with Crippen LogP contribution in [0.3, 0.4) is 0 Å². The number of carboxylic acid groups (broad SMARTS) is 1. The molecular weight excluding hydrogens is 211 g/mol. The second-order valence-corrected chi connectivity index (χ2v) is 4.01. The molecule has 0 saturated carbocycles. The molecular formula is C12H11LiN2O2. The molecule has 0 aliphatic carbocycles. The number of carbonyl (C=O) groups excluding carboxylic acids is 1. The minimum Gasteiger partial charge on any atom is -0.550 e. The molecule has 0 aromatic heterocycles. The van der Waals surface area contributed by atoms with E-state index in [1.165, 1.54) is 0 Å². The van der Waals surface area contributed by atoms with E-state index in [2.05, 4.69) is 11.0 Å². The molecule has 0 amide bonds. The number of anilines is 1. The molecule has 0 spiro atoms. The van der Waals surface area contributed by atoms with Crippen molar-refractivity contribution in [2.24, 2.45) is 5.92 Å². The molecule has 1 aliphatic heterocycles. The molecule has 2 rings (SSSR count). The van der Waals surface area contributed by atoms with E-state index in [-0.39, 0.29) is 31.2 Å². The normalized spacial score (nSPS) is 14.4. The van der Waals surface area contributed by atoms with Crippen LogP contribution in [0, 0.1) is 17.2 Å². The number of carbonyl (C=O) groups is 1. The smallest absolute Gasteiger partial charge is 0.550 e. The summed E-state index contributed by atoms with van der Waals surface area (Å²) < 4.78 is 0. The number of nitrogens with zero attached hydrogens (tertiary/aromatic N) is 2. The number of nitriles is 1. The Kier molecular flexibility index (Phi) is 4.63. The summed E-state index contributed by atoms with van der Waals surface area (Å²) in [6.07, 6.45) is 0.119. The fraction of sp³-hybridized carbons (Fsp3) is 0.333. The van der Waals surface area contributed by atoms with Gasteiger partial charge >= 0.3 is 18.9 Å². The van der Waals surface area contributed by atoms with Crippen LogP contribution in [0.1, 0.15) is 12.0 Å². The van der Waals surface area contributed by atoms with Gasteiger partial charge in [-0.15, -0.1) is 0 Å². The van der Waals surface area contributed by atoms with Crippen LogP contribution in [0.5, 0.6) is 0 Å². The zero-order valence-electron chi connectivity index (χ0n) is 9.72. The Morgan fingerprint density at radius 2 is 2.24 bits per heavy atom. The minimum absolute atomic E-state index is 0. The van der Waals surface area contributed by atoms with Gasteiger partial charge in [-0.3, -0.25) is 0 Å². The number of benzene rings is 1. The first-order valence-corrected chi connectivity index (χ1v) is 5.14. The molecule has 1 heterocycles. The van der Waals surface area contributed by atoms with Gasteiger partial charge in [0.1, 0.15) is 0 Å². The van der Waals surface area contributed by atoms with Crippen LogP contribution in [0.15, 0.2) is 24.3 Å². The largest absolute Gasteiger partial charge is 1.00 e. The van der Waals surface area contributed by atoms with Gasteiger partial charge in [-0.2, -0.15) is 5.26 Å².